The fourth-order valence-corrected chi connectivity index (χ4v) is 2.26. The van der Waals surface area contributed by atoms with Crippen molar-refractivity contribution in [2.24, 2.45) is 0 Å². The number of nitrogens with one attached hydrogen (secondary N) is 2. The molecule has 0 aliphatic heterocycles. The van der Waals surface area contributed by atoms with Crippen molar-refractivity contribution in [2.45, 2.75) is 0 Å². The Morgan fingerprint density at radius 3 is 2.62 bits per heavy atom. The zero-order valence-corrected chi connectivity index (χ0v) is 13.0. The molecule has 4 N–H and O–H groups in total. The summed E-state index contributed by atoms with van der Waals surface area (Å²) in [6.07, 6.45) is 3.19. The summed E-state index contributed by atoms with van der Waals surface area (Å²) in [6, 6.07) is 9.52. The monoisotopic (exact) mass is 341 g/mol. The second-order valence-corrected chi connectivity index (χ2v) is 5.35. The van der Waals surface area contributed by atoms with Gasteiger partial charge in [0.25, 0.3) is 11.5 Å². The third kappa shape index (κ3) is 3.26. The van der Waals surface area contributed by atoms with E-state index in [4.69, 9.17) is 17.3 Å². The van der Waals surface area contributed by atoms with Crippen molar-refractivity contribution in [1.82, 2.24) is 15.2 Å². The zero-order chi connectivity index (χ0) is 17.1. The number of hydrogen-bond acceptors (Lipinski definition) is 5. The lowest BCUT2D eigenvalue weighted by molar-refractivity contribution is 0.102. The molecule has 8 heteroatoms. The number of amides is 1. The molecule has 0 aliphatic carbocycles. The van der Waals surface area contributed by atoms with E-state index in [2.05, 4.69) is 20.5 Å². The van der Waals surface area contributed by atoms with Gasteiger partial charge < -0.3 is 11.1 Å². The van der Waals surface area contributed by atoms with Crippen LogP contribution in [0.1, 0.15) is 10.4 Å². The van der Waals surface area contributed by atoms with E-state index in [-0.39, 0.29) is 5.56 Å². The first-order valence-electron chi connectivity index (χ1n) is 6.91. The minimum atomic E-state index is -0.599. The number of pyridine rings is 1. The minimum absolute atomic E-state index is 0.0776. The number of hydrogen-bond donors (Lipinski definition) is 3. The van der Waals surface area contributed by atoms with Crippen molar-refractivity contribution in [1.29, 1.82) is 0 Å². The third-order valence-electron chi connectivity index (χ3n) is 3.29. The van der Waals surface area contributed by atoms with Gasteiger partial charge in [0.1, 0.15) is 5.56 Å². The number of rotatable bonds is 3. The first-order valence-corrected chi connectivity index (χ1v) is 7.29. The Balaban J connectivity index is 1.93. The van der Waals surface area contributed by atoms with Gasteiger partial charge in [-0.3, -0.25) is 14.6 Å². The van der Waals surface area contributed by atoms with Crippen LogP contribution < -0.4 is 16.6 Å². The molecule has 3 rings (SSSR count). The number of anilines is 2. The highest BCUT2D eigenvalue weighted by Gasteiger charge is 2.14. The number of aromatic nitrogens is 3. The normalized spacial score (nSPS) is 10.4. The summed E-state index contributed by atoms with van der Waals surface area (Å²) in [5, 5.41) is 9.30. The van der Waals surface area contributed by atoms with Crippen LogP contribution >= 0.6 is 11.6 Å². The quantitative estimate of drug-likeness (QED) is 0.632. The van der Waals surface area contributed by atoms with Gasteiger partial charge in [-0.25, -0.2) is 5.10 Å². The number of aromatic amines is 1. The van der Waals surface area contributed by atoms with E-state index < -0.39 is 11.5 Å². The van der Waals surface area contributed by atoms with Gasteiger partial charge in [-0.05, 0) is 36.4 Å². The van der Waals surface area contributed by atoms with E-state index in [1.165, 1.54) is 12.1 Å². The van der Waals surface area contributed by atoms with Crippen LogP contribution in [0.4, 0.5) is 11.4 Å². The molecule has 0 atom stereocenters. The maximum absolute atomic E-state index is 12.4. The van der Waals surface area contributed by atoms with Gasteiger partial charge in [0.2, 0.25) is 0 Å². The van der Waals surface area contributed by atoms with Crippen molar-refractivity contribution in [3.8, 4) is 11.3 Å². The third-order valence-corrected chi connectivity index (χ3v) is 3.52. The molecule has 120 valence electrons. The molecule has 2 heterocycles. The fraction of sp³-hybridized carbons (Fsp3) is 0. The van der Waals surface area contributed by atoms with Gasteiger partial charge in [-0.2, -0.15) is 5.10 Å². The lowest BCUT2D eigenvalue weighted by Crippen LogP contribution is -2.24. The van der Waals surface area contributed by atoms with Crippen LogP contribution in [0.2, 0.25) is 5.02 Å². The lowest BCUT2D eigenvalue weighted by Gasteiger charge is -2.08. The van der Waals surface area contributed by atoms with Crippen molar-refractivity contribution in [3.63, 3.8) is 0 Å². The highest BCUT2D eigenvalue weighted by molar-refractivity contribution is 6.31. The Kier molecular flexibility index (Phi) is 4.26. The van der Waals surface area contributed by atoms with Crippen LogP contribution in [0, 0.1) is 0 Å². The van der Waals surface area contributed by atoms with Crippen LogP contribution in [0.5, 0.6) is 0 Å². The number of H-pyrrole nitrogens is 1. The van der Waals surface area contributed by atoms with Crippen LogP contribution in [-0.2, 0) is 0 Å². The van der Waals surface area contributed by atoms with Crippen LogP contribution in [0.15, 0.2) is 53.6 Å². The Morgan fingerprint density at radius 1 is 1.17 bits per heavy atom. The molecule has 24 heavy (non-hydrogen) atoms. The van der Waals surface area contributed by atoms with Gasteiger partial charge in [-0.15, -0.1) is 0 Å². The van der Waals surface area contributed by atoms with Crippen molar-refractivity contribution in [3.05, 3.63) is 69.7 Å². The van der Waals surface area contributed by atoms with Crippen molar-refractivity contribution >= 4 is 28.9 Å². The van der Waals surface area contributed by atoms with E-state index in [1.807, 2.05) is 0 Å². The lowest BCUT2D eigenvalue weighted by atomic mass is 10.1. The van der Waals surface area contributed by atoms with Gasteiger partial charge in [-0.1, -0.05) is 11.6 Å². The first kappa shape index (κ1) is 15.7. The minimum Gasteiger partial charge on any atom is -0.397 e. The second kappa shape index (κ2) is 6.51. The molecule has 0 saturated heterocycles. The van der Waals surface area contributed by atoms with Crippen LogP contribution in [0.25, 0.3) is 11.3 Å². The van der Waals surface area contributed by atoms with E-state index in [0.717, 1.165) is 5.56 Å². The summed E-state index contributed by atoms with van der Waals surface area (Å²) in [5.41, 5.74) is 6.97. The van der Waals surface area contributed by atoms with E-state index in [1.54, 1.807) is 36.7 Å². The molecule has 0 fully saturated rings. The topological polar surface area (TPSA) is 114 Å². The van der Waals surface area contributed by atoms with E-state index >= 15 is 0 Å². The number of nitrogens with zero attached hydrogens (tertiary/aromatic N) is 2. The molecule has 0 bridgehead atoms. The highest BCUT2D eigenvalue weighted by Crippen LogP contribution is 2.23. The Morgan fingerprint density at radius 2 is 1.92 bits per heavy atom. The predicted molar refractivity (Wildman–Crippen MR) is 91.9 cm³/mol. The van der Waals surface area contributed by atoms with Gasteiger partial charge >= 0.3 is 0 Å². The fourth-order valence-electron chi connectivity index (χ4n) is 2.08. The number of carbonyl (C=O) groups is 1. The molecule has 0 radical (unpaired) electrons. The predicted octanol–water partition coefficient (Wildman–Crippen LogP) is 2.32. The molecular weight excluding hydrogens is 330 g/mol. The Labute approximate surface area is 141 Å². The van der Waals surface area contributed by atoms with Crippen LogP contribution in [-0.4, -0.2) is 21.1 Å². The summed E-state index contributed by atoms with van der Waals surface area (Å²) in [5.74, 6) is -0.594. The molecular formula is C16H12ClN5O2. The molecule has 2 aromatic heterocycles. The number of benzene rings is 1. The number of nitrogen functional groups attached to an aromatic ring is 1. The van der Waals surface area contributed by atoms with Crippen molar-refractivity contribution < 1.29 is 4.79 Å². The SMILES string of the molecule is Nc1cc(Cl)ccc1NC(=O)c1cc(-c2ccncc2)n[nH]c1=O. The number of carbonyl (C=O) groups excluding carboxylic acids is 1. The Bertz CT molecular complexity index is 956. The number of halogens is 1. The number of nitrogens with two attached hydrogens (primary N) is 1. The van der Waals surface area contributed by atoms with Gasteiger partial charge in [0.05, 0.1) is 17.1 Å². The molecule has 0 saturated carbocycles. The molecule has 0 spiro atoms. The van der Waals surface area contributed by atoms with E-state index in [0.29, 0.717) is 22.1 Å². The van der Waals surface area contributed by atoms with Gasteiger partial charge in [0, 0.05) is 23.0 Å². The maximum Gasteiger partial charge on any atom is 0.277 e. The summed E-state index contributed by atoms with van der Waals surface area (Å²) in [7, 11) is 0. The molecule has 3 aromatic rings. The van der Waals surface area contributed by atoms with Crippen LogP contribution in [0.3, 0.4) is 0 Å². The largest absolute Gasteiger partial charge is 0.397 e. The van der Waals surface area contributed by atoms with Crippen molar-refractivity contribution in [2.75, 3.05) is 11.1 Å². The average Bonchev–Trinajstić information content (AvgIpc) is 2.58. The maximum atomic E-state index is 12.4. The summed E-state index contributed by atoms with van der Waals surface area (Å²) in [4.78, 5) is 28.2. The molecule has 0 aliphatic rings. The summed E-state index contributed by atoms with van der Waals surface area (Å²) < 4.78 is 0. The smallest absolute Gasteiger partial charge is 0.277 e. The molecule has 0 unspecified atom stereocenters. The second-order valence-electron chi connectivity index (χ2n) is 4.92. The standard InChI is InChI=1S/C16H12ClN5O2/c17-10-1-2-13(12(18)7-10)20-15(23)11-8-14(21-22-16(11)24)9-3-5-19-6-4-9/h1-8H,18H2,(H,20,23)(H,22,24). The molecule has 1 amide bonds. The average molecular weight is 342 g/mol. The molecule has 1 aromatic carbocycles. The molecule has 7 nitrogen and oxygen atoms in total. The zero-order valence-electron chi connectivity index (χ0n) is 12.3. The summed E-state index contributed by atoms with van der Waals surface area (Å²) >= 11 is 5.82. The Hall–Kier alpha value is -3.19. The summed E-state index contributed by atoms with van der Waals surface area (Å²) in [6.45, 7) is 0. The highest BCUT2D eigenvalue weighted by atomic mass is 35.5. The van der Waals surface area contributed by atoms with E-state index in [9.17, 15) is 9.59 Å². The van der Waals surface area contributed by atoms with Gasteiger partial charge in [0.15, 0.2) is 0 Å². The first-order chi connectivity index (χ1) is 11.5.